The zero-order chi connectivity index (χ0) is 14.4. The predicted molar refractivity (Wildman–Crippen MR) is 76.2 cm³/mol. The molecule has 0 spiro atoms. The minimum Gasteiger partial charge on any atom is -0.488 e. The summed E-state index contributed by atoms with van der Waals surface area (Å²) in [4.78, 5) is 4.14. The van der Waals surface area contributed by atoms with E-state index in [1.165, 1.54) is 6.07 Å². The van der Waals surface area contributed by atoms with Gasteiger partial charge in [0.05, 0.1) is 6.54 Å². The van der Waals surface area contributed by atoms with E-state index in [0.717, 1.165) is 17.9 Å². The highest BCUT2D eigenvalue weighted by molar-refractivity contribution is 5.34. The molecule has 0 aliphatic heterocycles. The Labute approximate surface area is 118 Å². The lowest BCUT2D eigenvalue weighted by Gasteiger charge is -2.13. The highest BCUT2D eigenvalue weighted by atomic mass is 19.1. The summed E-state index contributed by atoms with van der Waals surface area (Å²) >= 11 is 0. The van der Waals surface area contributed by atoms with Gasteiger partial charge in [-0.05, 0) is 19.5 Å². The van der Waals surface area contributed by atoms with E-state index in [0.29, 0.717) is 25.4 Å². The van der Waals surface area contributed by atoms with E-state index in [1.807, 2.05) is 30.7 Å². The van der Waals surface area contributed by atoms with Crippen LogP contribution in [0.15, 0.2) is 30.6 Å². The van der Waals surface area contributed by atoms with Gasteiger partial charge in [-0.1, -0.05) is 19.1 Å². The number of benzene rings is 1. The van der Waals surface area contributed by atoms with E-state index < -0.39 is 0 Å². The van der Waals surface area contributed by atoms with E-state index in [9.17, 15) is 4.39 Å². The Bertz CT molecular complexity index is 554. The zero-order valence-corrected chi connectivity index (χ0v) is 11.9. The number of ether oxygens (including phenoxy) is 1. The van der Waals surface area contributed by atoms with E-state index in [2.05, 4.69) is 10.3 Å². The average Bonchev–Trinajstić information content (AvgIpc) is 2.84. The zero-order valence-electron chi connectivity index (χ0n) is 11.9. The van der Waals surface area contributed by atoms with E-state index in [4.69, 9.17) is 4.74 Å². The van der Waals surface area contributed by atoms with Crippen LogP contribution < -0.4 is 10.1 Å². The van der Waals surface area contributed by atoms with Gasteiger partial charge in [0, 0.05) is 24.5 Å². The van der Waals surface area contributed by atoms with Crippen molar-refractivity contribution in [2.75, 3.05) is 13.2 Å². The molecular weight excluding hydrogens is 257 g/mol. The summed E-state index contributed by atoms with van der Waals surface area (Å²) in [6.45, 7) is 6.46. The molecule has 108 valence electrons. The van der Waals surface area contributed by atoms with Crippen molar-refractivity contribution in [1.29, 1.82) is 0 Å². The number of halogens is 1. The van der Waals surface area contributed by atoms with Crippen LogP contribution in [0.2, 0.25) is 0 Å². The molecule has 1 N–H and O–H groups in total. The predicted octanol–water partition coefficient (Wildman–Crippen LogP) is 2.52. The fourth-order valence-corrected chi connectivity index (χ4v) is 2.00. The molecule has 0 amide bonds. The van der Waals surface area contributed by atoms with Gasteiger partial charge in [-0.3, -0.25) is 0 Å². The van der Waals surface area contributed by atoms with Gasteiger partial charge in [0.1, 0.15) is 12.4 Å². The van der Waals surface area contributed by atoms with Crippen molar-refractivity contribution in [2.45, 2.75) is 26.9 Å². The maximum Gasteiger partial charge on any atom is 0.165 e. The largest absolute Gasteiger partial charge is 0.488 e. The first-order valence-electron chi connectivity index (χ1n) is 6.81. The third-order valence-electron chi connectivity index (χ3n) is 3.12. The summed E-state index contributed by atoms with van der Waals surface area (Å²) < 4.78 is 21.5. The molecule has 0 aliphatic rings. The van der Waals surface area contributed by atoms with Crippen LogP contribution in [0.3, 0.4) is 0 Å². The van der Waals surface area contributed by atoms with Gasteiger partial charge in [0.2, 0.25) is 0 Å². The highest BCUT2D eigenvalue weighted by Crippen LogP contribution is 2.22. The first-order valence-corrected chi connectivity index (χ1v) is 6.81. The number of nitrogens with zero attached hydrogens (tertiary/aromatic N) is 2. The van der Waals surface area contributed by atoms with Crippen LogP contribution >= 0.6 is 0 Å². The first kappa shape index (κ1) is 14.5. The molecule has 2 rings (SSSR count). The van der Waals surface area contributed by atoms with Crippen molar-refractivity contribution in [1.82, 2.24) is 14.9 Å². The molecule has 0 atom stereocenters. The molecule has 0 bridgehead atoms. The molecule has 1 aromatic carbocycles. The molecule has 1 aromatic heterocycles. The lowest BCUT2D eigenvalue weighted by molar-refractivity contribution is 0.279. The third-order valence-corrected chi connectivity index (χ3v) is 3.12. The molecule has 20 heavy (non-hydrogen) atoms. The fourth-order valence-electron chi connectivity index (χ4n) is 2.00. The van der Waals surface area contributed by atoms with Crippen LogP contribution in [-0.4, -0.2) is 22.7 Å². The molecule has 0 fully saturated rings. The lowest BCUT2D eigenvalue weighted by atomic mass is 10.2. The molecule has 0 aliphatic carbocycles. The van der Waals surface area contributed by atoms with Crippen molar-refractivity contribution in [2.24, 2.45) is 0 Å². The summed E-state index contributed by atoms with van der Waals surface area (Å²) in [5.74, 6) is 0.948. The van der Waals surface area contributed by atoms with Gasteiger partial charge < -0.3 is 14.6 Å². The summed E-state index contributed by atoms with van der Waals surface area (Å²) in [5.41, 5.74) is 0.842. The van der Waals surface area contributed by atoms with Crippen LogP contribution in [0.25, 0.3) is 0 Å². The molecule has 5 heteroatoms. The summed E-state index contributed by atoms with van der Waals surface area (Å²) in [6.07, 6.45) is 3.63. The number of aryl methyl sites for hydroxylation is 1. The summed E-state index contributed by atoms with van der Waals surface area (Å²) in [7, 11) is 0. The van der Waals surface area contributed by atoms with Crippen LogP contribution in [0.5, 0.6) is 5.75 Å². The maximum atomic E-state index is 13.9. The number of imidazole rings is 1. The number of hydrogen-bond donors (Lipinski definition) is 1. The Morgan fingerprint density at radius 3 is 2.95 bits per heavy atom. The lowest BCUT2D eigenvalue weighted by Crippen LogP contribution is -2.15. The Morgan fingerprint density at radius 1 is 1.40 bits per heavy atom. The Morgan fingerprint density at radius 2 is 2.25 bits per heavy atom. The van der Waals surface area contributed by atoms with Gasteiger partial charge in [0.15, 0.2) is 11.6 Å². The topological polar surface area (TPSA) is 39.1 Å². The smallest absolute Gasteiger partial charge is 0.165 e. The molecule has 1 heterocycles. The van der Waals surface area contributed by atoms with Gasteiger partial charge in [-0.2, -0.15) is 0 Å². The van der Waals surface area contributed by atoms with Gasteiger partial charge >= 0.3 is 0 Å². The van der Waals surface area contributed by atoms with Crippen molar-refractivity contribution in [3.05, 3.63) is 47.8 Å². The van der Waals surface area contributed by atoms with Crippen molar-refractivity contribution >= 4 is 0 Å². The molecule has 2 aromatic rings. The molecule has 0 radical (unpaired) electrons. The molecular formula is C15H20FN3O. The van der Waals surface area contributed by atoms with E-state index in [-0.39, 0.29) is 5.82 Å². The van der Waals surface area contributed by atoms with Crippen molar-refractivity contribution < 1.29 is 9.13 Å². The Kier molecular flexibility index (Phi) is 5.12. The standard InChI is InChI=1S/C15H20FN3O/c1-3-17-11-13-5-4-6-14(16)15(13)20-10-9-19-8-7-18-12(19)2/h4-8,17H,3,9-11H2,1-2H3. The molecule has 4 nitrogen and oxygen atoms in total. The average molecular weight is 277 g/mol. The third kappa shape index (κ3) is 3.57. The van der Waals surface area contributed by atoms with Crippen molar-refractivity contribution in [3.63, 3.8) is 0 Å². The molecule has 0 saturated heterocycles. The monoisotopic (exact) mass is 277 g/mol. The van der Waals surface area contributed by atoms with Gasteiger partial charge in [-0.15, -0.1) is 0 Å². The van der Waals surface area contributed by atoms with Crippen LogP contribution in [0.4, 0.5) is 4.39 Å². The van der Waals surface area contributed by atoms with Crippen LogP contribution in [-0.2, 0) is 13.1 Å². The maximum absolute atomic E-state index is 13.9. The quantitative estimate of drug-likeness (QED) is 0.845. The number of nitrogens with one attached hydrogen (secondary N) is 1. The Hall–Kier alpha value is -1.88. The number of para-hydroxylation sites is 1. The van der Waals surface area contributed by atoms with E-state index in [1.54, 1.807) is 12.3 Å². The second kappa shape index (κ2) is 7.05. The second-order valence-corrected chi connectivity index (χ2v) is 4.52. The van der Waals surface area contributed by atoms with Crippen LogP contribution in [0, 0.1) is 12.7 Å². The van der Waals surface area contributed by atoms with Gasteiger partial charge in [0.25, 0.3) is 0 Å². The van der Waals surface area contributed by atoms with Crippen molar-refractivity contribution in [3.8, 4) is 5.75 Å². The van der Waals surface area contributed by atoms with Crippen LogP contribution in [0.1, 0.15) is 18.3 Å². The van der Waals surface area contributed by atoms with Gasteiger partial charge in [-0.25, -0.2) is 9.37 Å². The highest BCUT2D eigenvalue weighted by Gasteiger charge is 2.09. The summed E-state index contributed by atoms with van der Waals surface area (Å²) in [5, 5.41) is 3.18. The number of rotatable bonds is 7. The minimum atomic E-state index is -0.317. The summed E-state index contributed by atoms with van der Waals surface area (Å²) in [6, 6.07) is 5.01. The normalized spacial score (nSPS) is 10.8. The first-order chi connectivity index (χ1) is 9.72. The SMILES string of the molecule is CCNCc1cccc(F)c1OCCn1ccnc1C. The number of aromatic nitrogens is 2. The second-order valence-electron chi connectivity index (χ2n) is 4.52. The minimum absolute atomic E-state index is 0.317. The molecule has 0 unspecified atom stereocenters. The number of hydrogen-bond acceptors (Lipinski definition) is 3. The van der Waals surface area contributed by atoms with E-state index >= 15 is 0 Å². The fraction of sp³-hybridized carbons (Fsp3) is 0.400. The Balaban J connectivity index is 1.99. The molecule has 0 saturated carbocycles.